The van der Waals surface area contributed by atoms with Crippen molar-refractivity contribution in [3.63, 3.8) is 0 Å². The predicted octanol–water partition coefficient (Wildman–Crippen LogP) is 1.88. The number of aromatic nitrogens is 2. The van der Waals surface area contributed by atoms with Gasteiger partial charge in [0.1, 0.15) is 0 Å². The smallest absolute Gasteiger partial charge is 0.341 e. The van der Waals surface area contributed by atoms with E-state index in [9.17, 15) is 4.79 Å². The molecular formula is C16H26N4O2. The van der Waals surface area contributed by atoms with E-state index in [1.165, 1.54) is 0 Å². The minimum absolute atomic E-state index is 0.355. The third-order valence-electron chi connectivity index (χ3n) is 4.51. The molecule has 22 heavy (non-hydrogen) atoms. The second kappa shape index (κ2) is 7.05. The molecule has 0 bridgehead atoms. The van der Waals surface area contributed by atoms with Gasteiger partial charge in [-0.3, -0.25) is 0 Å². The van der Waals surface area contributed by atoms with Crippen LogP contribution in [-0.2, 0) is 4.74 Å². The van der Waals surface area contributed by atoms with Crippen molar-refractivity contribution in [2.24, 2.45) is 0 Å². The van der Waals surface area contributed by atoms with Crippen LogP contribution >= 0.6 is 0 Å². The van der Waals surface area contributed by atoms with Gasteiger partial charge in [0.2, 0.25) is 5.95 Å². The van der Waals surface area contributed by atoms with Crippen molar-refractivity contribution in [3.8, 4) is 0 Å². The summed E-state index contributed by atoms with van der Waals surface area (Å²) < 4.78 is 5.01. The standard InChI is InChI=1S/C16H26N4O2/c1-6-22-15(21)14-10-17-16(18-12(14)3)20(5)13-7-8-19(4)11(2)9-13/h10-11,13H,6-9H2,1-5H3. The molecule has 1 aromatic heterocycles. The first kappa shape index (κ1) is 16.7. The molecule has 6 heteroatoms. The second-order valence-electron chi connectivity index (χ2n) is 6.01. The van der Waals surface area contributed by atoms with Crippen molar-refractivity contribution in [1.82, 2.24) is 14.9 Å². The third-order valence-corrected chi connectivity index (χ3v) is 4.51. The van der Waals surface area contributed by atoms with Gasteiger partial charge in [-0.25, -0.2) is 14.8 Å². The summed E-state index contributed by atoms with van der Waals surface area (Å²) >= 11 is 0. The molecular weight excluding hydrogens is 280 g/mol. The van der Waals surface area contributed by atoms with Crippen LogP contribution in [0.25, 0.3) is 0 Å². The Balaban J connectivity index is 2.12. The highest BCUT2D eigenvalue weighted by molar-refractivity contribution is 5.90. The van der Waals surface area contributed by atoms with Crippen LogP contribution in [0.4, 0.5) is 5.95 Å². The maximum absolute atomic E-state index is 11.8. The van der Waals surface area contributed by atoms with Gasteiger partial charge >= 0.3 is 5.97 Å². The number of carbonyl (C=O) groups excluding carboxylic acids is 1. The zero-order valence-corrected chi connectivity index (χ0v) is 14.2. The molecule has 2 unspecified atom stereocenters. The maximum Gasteiger partial charge on any atom is 0.341 e. The molecule has 0 saturated carbocycles. The fourth-order valence-electron chi connectivity index (χ4n) is 2.81. The molecule has 1 fully saturated rings. The van der Waals surface area contributed by atoms with Crippen LogP contribution in [0, 0.1) is 6.92 Å². The van der Waals surface area contributed by atoms with Crippen molar-refractivity contribution < 1.29 is 9.53 Å². The Kier molecular flexibility index (Phi) is 5.34. The average Bonchev–Trinajstić information content (AvgIpc) is 2.49. The van der Waals surface area contributed by atoms with E-state index in [1.54, 1.807) is 13.1 Å². The first-order valence-electron chi connectivity index (χ1n) is 7.87. The molecule has 0 amide bonds. The van der Waals surface area contributed by atoms with Crippen molar-refractivity contribution >= 4 is 11.9 Å². The number of carbonyl (C=O) groups is 1. The van der Waals surface area contributed by atoms with Crippen molar-refractivity contribution in [3.05, 3.63) is 17.5 Å². The van der Waals surface area contributed by atoms with E-state index in [0.717, 1.165) is 19.4 Å². The van der Waals surface area contributed by atoms with Gasteiger partial charge in [-0.1, -0.05) is 0 Å². The van der Waals surface area contributed by atoms with Crippen LogP contribution in [0.1, 0.15) is 42.7 Å². The number of aryl methyl sites for hydroxylation is 1. The Morgan fingerprint density at radius 3 is 2.86 bits per heavy atom. The van der Waals surface area contributed by atoms with Crippen molar-refractivity contribution in [2.75, 3.05) is 32.1 Å². The molecule has 1 aromatic rings. The first-order valence-corrected chi connectivity index (χ1v) is 7.87. The van der Waals surface area contributed by atoms with Crippen molar-refractivity contribution in [1.29, 1.82) is 0 Å². The summed E-state index contributed by atoms with van der Waals surface area (Å²) in [5.41, 5.74) is 1.10. The van der Waals surface area contributed by atoms with Crippen molar-refractivity contribution in [2.45, 2.75) is 45.7 Å². The minimum atomic E-state index is -0.359. The molecule has 1 aliphatic rings. The van der Waals surface area contributed by atoms with E-state index in [2.05, 4.69) is 33.7 Å². The van der Waals surface area contributed by atoms with Gasteiger partial charge in [-0.2, -0.15) is 0 Å². The molecule has 6 nitrogen and oxygen atoms in total. The quantitative estimate of drug-likeness (QED) is 0.792. The lowest BCUT2D eigenvalue weighted by Crippen LogP contribution is -2.46. The van der Waals surface area contributed by atoms with Gasteiger partial charge in [-0.15, -0.1) is 0 Å². The largest absolute Gasteiger partial charge is 0.462 e. The van der Waals surface area contributed by atoms with E-state index in [0.29, 0.717) is 35.9 Å². The normalized spacial score (nSPS) is 22.4. The fraction of sp³-hybridized carbons (Fsp3) is 0.688. The molecule has 0 N–H and O–H groups in total. The Hall–Kier alpha value is -1.69. The number of rotatable bonds is 4. The van der Waals surface area contributed by atoms with Gasteiger partial charge in [0.05, 0.1) is 17.9 Å². The van der Waals surface area contributed by atoms with Gasteiger partial charge < -0.3 is 14.5 Å². The van der Waals surface area contributed by atoms with Gasteiger partial charge in [0.15, 0.2) is 0 Å². The topological polar surface area (TPSA) is 58.6 Å². The van der Waals surface area contributed by atoms with Crippen LogP contribution < -0.4 is 4.90 Å². The van der Waals surface area contributed by atoms with Crippen LogP contribution in [0.5, 0.6) is 0 Å². The highest BCUT2D eigenvalue weighted by atomic mass is 16.5. The van der Waals surface area contributed by atoms with E-state index in [4.69, 9.17) is 4.74 Å². The van der Waals surface area contributed by atoms with E-state index >= 15 is 0 Å². The number of likely N-dealkylation sites (tertiary alicyclic amines) is 1. The van der Waals surface area contributed by atoms with E-state index in [1.807, 2.05) is 14.0 Å². The highest BCUT2D eigenvalue weighted by Gasteiger charge is 2.27. The van der Waals surface area contributed by atoms with Gasteiger partial charge in [0, 0.05) is 31.9 Å². The monoisotopic (exact) mass is 306 g/mol. The summed E-state index contributed by atoms with van der Waals surface area (Å²) in [6.07, 6.45) is 3.76. The Morgan fingerprint density at radius 2 is 2.27 bits per heavy atom. The Morgan fingerprint density at radius 1 is 1.55 bits per heavy atom. The van der Waals surface area contributed by atoms with E-state index < -0.39 is 0 Å². The highest BCUT2D eigenvalue weighted by Crippen LogP contribution is 2.23. The van der Waals surface area contributed by atoms with E-state index in [-0.39, 0.29) is 5.97 Å². The second-order valence-corrected chi connectivity index (χ2v) is 6.01. The molecule has 0 radical (unpaired) electrons. The van der Waals surface area contributed by atoms with Crippen LogP contribution in [-0.4, -0.2) is 60.2 Å². The zero-order chi connectivity index (χ0) is 16.3. The predicted molar refractivity (Wildman–Crippen MR) is 86.2 cm³/mol. The Bertz CT molecular complexity index is 535. The molecule has 0 aliphatic carbocycles. The van der Waals surface area contributed by atoms with Crippen LogP contribution in [0.15, 0.2) is 6.20 Å². The summed E-state index contributed by atoms with van der Waals surface area (Å²) in [6.45, 7) is 7.29. The van der Waals surface area contributed by atoms with Crippen LogP contribution in [0.3, 0.4) is 0 Å². The number of hydrogen-bond donors (Lipinski definition) is 0. The number of nitrogens with zero attached hydrogens (tertiary/aromatic N) is 4. The fourth-order valence-corrected chi connectivity index (χ4v) is 2.81. The molecule has 122 valence electrons. The maximum atomic E-state index is 11.8. The summed E-state index contributed by atoms with van der Waals surface area (Å²) in [5.74, 6) is 0.314. The summed E-state index contributed by atoms with van der Waals surface area (Å²) in [6, 6.07) is 0.986. The first-order chi connectivity index (χ1) is 10.4. The zero-order valence-electron chi connectivity index (χ0n) is 14.2. The number of esters is 1. The summed E-state index contributed by atoms with van der Waals surface area (Å²) in [7, 11) is 4.19. The molecule has 0 aromatic carbocycles. The number of hydrogen-bond acceptors (Lipinski definition) is 6. The third kappa shape index (κ3) is 3.55. The molecule has 0 spiro atoms. The molecule has 1 aliphatic heterocycles. The average molecular weight is 306 g/mol. The van der Waals surface area contributed by atoms with Crippen LogP contribution in [0.2, 0.25) is 0 Å². The molecule has 2 atom stereocenters. The number of piperidine rings is 1. The Labute approximate surface area is 132 Å². The molecule has 2 rings (SSSR count). The lowest BCUT2D eigenvalue weighted by atomic mass is 9.98. The molecule has 1 saturated heterocycles. The number of anilines is 1. The van der Waals surface area contributed by atoms with Gasteiger partial charge in [-0.05, 0) is 40.7 Å². The number of ether oxygens (including phenoxy) is 1. The SMILES string of the molecule is CCOC(=O)c1cnc(N(C)C2CCN(C)C(C)C2)nc1C. The summed E-state index contributed by atoms with van der Waals surface area (Å²) in [5, 5.41) is 0. The lowest BCUT2D eigenvalue weighted by molar-refractivity contribution is 0.0524. The molecule has 2 heterocycles. The summed E-state index contributed by atoms with van der Waals surface area (Å²) in [4.78, 5) is 25.2. The lowest BCUT2D eigenvalue weighted by Gasteiger charge is -2.39. The minimum Gasteiger partial charge on any atom is -0.462 e. The van der Waals surface area contributed by atoms with Gasteiger partial charge in [0.25, 0.3) is 0 Å².